The fourth-order valence-electron chi connectivity index (χ4n) is 2.78. The van der Waals surface area contributed by atoms with Crippen LogP contribution < -0.4 is 20.1 Å². The summed E-state index contributed by atoms with van der Waals surface area (Å²) in [5.74, 6) is 0.709. The summed E-state index contributed by atoms with van der Waals surface area (Å²) in [5, 5.41) is 13.4. The number of hydrogen-bond donors (Lipinski definition) is 2. The third kappa shape index (κ3) is 5.57. The molecule has 2 amide bonds. The third-order valence-corrected chi connectivity index (χ3v) is 4.28. The van der Waals surface area contributed by atoms with Gasteiger partial charge in [-0.15, -0.1) is 5.10 Å². The highest BCUT2D eigenvalue weighted by molar-refractivity contribution is 6.02. The van der Waals surface area contributed by atoms with Crippen LogP contribution in [0.3, 0.4) is 0 Å². The summed E-state index contributed by atoms with van der Waals surface area (Å²) in [7, 11) is 3.11. The van der Waals surface area contributed by atoms with E-state index < -0.39 is 0 Å². The van der Waals surface area contributed by atoms with Crippen molar-refractivity contribution in [1.29, 1.82) is 0 Å². The van der Waals surface area contributed by atoms with Gasteiger partial charge in [0.05, 0.1) is 33.4 Å². The fraction of sp³-hybridized carbons (Fsp3) is 0.238. The maximum Gasteiger partial charge on any atom is 0.277 e. The number of anilines is 1. The molecule has 2 N–H and O–H groups in total. The SMILES string of the molecule is COc1ccc(CC(=O)NCCn2cc(C(=O)Nc3ccccc3)nn2)cc1OC. The molecule has 0 aliphatic carbocycles. The van der Waals surface area contributed by atoms with Crippen molar-refractivity contribution in [2.45, 2.75) is 13.0 Å². The Balaban J connectivity index is 1.46. The highest BCUT2D eigenvalue weighted by Crippen LogP contribution is 2.27. The lowest BCUT2D eigenvalue weighted by Crippen LogP contribution is -2.28. The maximum atomic E-state index is 12.2. The molecular weight excluding hydrogens is 386 g/mol. The quantitative estimate of drug-likeness (QED) is 0.559. The second kappa shape index (κ2) is 10.1. The van der Waals surface area contributed by atoms with E-state index in [1.807, 2.05) is 24.3 Å². The molecule has 1 heterocycles. The van der Waals surface area contributed by atoms with E-state index in [4.69, 9.17) is 9.47 Å². The van der Waals surface area contributed by atoms with E-state index in [0.717, 1.165) is 5.56 Å². The standard InChI is InChI=1S/C21H23N5O4/c1-29-18-9-8-15(12-19(18)30-2)13-20(27)22-10-11-26-14-17(24-25-26)21(28)23-16-6-4-3-5-7-16/h3-9,12,14H,10-11,13H2,1-2H3,(H,22,27)(H,23,28). The number of carbonyl (C=O) groups excluding carboxylic acids is 2. The zero-order chi connectivity index (χ0) is 21.3. The van der Waals surface area contributed by atoms with E-state index in [2.05, 4.69) is 20.9 Å². The summed E-state index contributed by atoms with van der Waals surface area (Å²) in [6.45, 7) is 0.749. The van der Waals surface area contributed by atoms with Gasteiger partial charge < -0.3 is 20.1 Å². The Morgan fingerprint density at radius 3 is 2.53 bits per heavy atom. The topological polar surface area (TPSA) is 107 Å². The Morgan fingerprint density at radius 1 is 1.03 bits per heavy atom. The predicted octanol–water partition coefficient (Wildman–Crippen LogP) is 1.91. The summed E-state index contributed by atoms with van der Waals surface area (Å²) >= 11 is 0. The first-order valence-electron chi connectivity index (χ1n) is 9.33. The van der Waals surface area contributed by atoms with Crippen molar-refractivity contribution in [2.24, 2.45) is 0 Å². The minimum absolute atomic E-state index is 0.135. The number of benzene rings is 2. The molecule has 3 aromatic rings. The number of nitrogens with zero attached hydrogens (tertiary/aromatic N) is 3. The van der Waals surface area contributed by atoms with Gasteiger partial charge in [0, 0.05) is 12.2 Å². The number of amides is 2. The summed E-state index contributed by atoms with van der Waals surface area (Å²) in [6.07, 6.45) is 1.75. The first-order chi connectivity index (χ1) is 14.6. The lowest BCUT2D eigenvalue weighted by Gasteiger charge is -2.10. The first kappa shape index (κ1) is 20.8. The van der Waals surface area contributed by atoms with Crippen LogP contribution in [0.25, 0.3) is 0 Å². The van der Waals surface area contributed by atoms with Crippen LogP contribution in [0.15, 0.2) is 54.7 Å². The molecule has 0 unspecified atom stereocenters. The second-order valence-electron chi connectivity index (χ2n) is 6.40. The molecule has 1 aromatic heterocycles. The minimum Gasteiger partial charge on any atom is -0.493 e. The molecule has 0 bridgehead atoms. The Labute approximate surface area is 174 Å². The van der Waals surface area contributed by atoms with Gasteiger partial charge in [-0.2, -0.15) is 0 Å². The molecule has 0 atom stereocenters. The zero-order valence-electron chi connectivity index (χ0n) is 16.8. The molecule has 0 aliphatic heterocycles. The number of carbonyl (C=O) groups is 2. The number of ether oxygens (including phenoxy) is 2. The van der Waals surface area contributed by atoms with Gasteiger partial charge in [0.1, 0.15) is 0 Å². The summed E-state index contributed by atoms with van der Waals surface area (Å²) in [4.78, 5) is 24.4. The lowest BCUT2D eigenvalue weighted by atomic mass is 10.1. The van der Waals surface area contributed by atoms with Gasteiger partial charge in [-0.25, -0.2) is 4.68 Å². The van der Waals surface area contributed by atoms with Crippen LogP contribution in [-0.4, -0.2) is 47.6 Å². The van der Waals surface area contributed by atoms with Crippen molar-refractivity contribution in [2.75, 3.05) is 26.1 Å². The van der Waals surface area contributed by atoms with Crippen LogP contribution in [0.1, 0.15) is 16.1 Å². The van der Waals surface area contributed by atoms with E-state index in [-0.39, 0.29) is 23.9 Å². The van der Waals surface area contributed by atoms with Gasteiger partial charge in [-0.05, 0) is 29.8 Å². The minimum atomic E-state index is -0.343. The Bertz CT molecular complexity index is 1000. The summed E-state index contributed by atoms with van der Waals surface area (Å²) in [6, 6.07) is 14.5. The molecule has 0 saturated heterocycles. The van der Waals surface area contributed by atoms with Crippen LogP contribution in [0.4, 0.5) is 5.69 Å². The molecule has 0 spiro atoms. The lowest BCUT2D eigenvalue weighted by molar-refractivity contribution is -0.120. The summed E-state index contributed by atoms with van der Waals surface area (Å²) < 4.78 is 12.0. The Hall–Kier alpha value is -3.88. The third-order valence-electron chi connectivity index (χ3n) is 4.28. The number of rotatable bonds is 9. The number of para-hydroxylation sites is 1. The monoisotopic (exact) mass is 409 g/mol. The fourth-order valence-corrected chi connectivity index (χ4v) is 2.78. The van der Waals surface area contributed by atoms with Gasteiger partial charge in [-0.3, -0.25) is 9.59 Å². The van der Waals surface area contributed by atoms with E-state index in [9.17, 15) is 9.59 Å². The molecule has 0 aliphatic rings. The highest BCUT2D eigenvalue weighted by atomic mass is 16.5. The normalized spacial score (nSPS) is 10.3. The van der Waals surface area contributed by atoms with E-state index in [1.165, 1.54) is 4.68 Å². The van der Waals surface area contributed by atoms with Crippen molar-refractivity contribution >= 4 is 17.5 Å². The van der Waals surface area contributed by atoms with Crippen LogP contribution in [0.2, 0.25) is 0 Å². The maximum absolute atomic E-state index is 12.2. The number of aromatic nitrogens is 3. The Kier molecular flexibility index (Phi) is 6.99. The summed E-state index contributed by atoms with van der Waals surface area (Å²) in [5.41, 5.74) is 1.70. The van der Waals surface area contributed by atoms with E-state index in [1.54, 1.807) is 44.7 Å². The van der Waals surface area contributed by atoms with Gasteiger partial charge in [-0.1, -0.05) is 29.5 Å². The molecule has 2 aromatic carbocycles. The highest BCUT2D eigenvalue weighted by Gasteiger charge is 2.12. The second-order valence-corrected chi connectivity index (χ2v) is 6.40. The van der Waals surface area contributed by atoms with Gasteiger partial charge >= 0.3 is 0 Å². The molecule has 0 saturated carbocycles. The van der Waals surface area contributed by atoms with Crippen LogP contribution in [0.5, 0.6) is 11.5 Å². The van der Waals surface area contributed by atoms with E-state index in [0.29, 0.717) is 30.3 Å². The van der Waals surface area contributed by atoms with Crippen molar-refractivity contribution in [1.82, 2.24) is 20.3 Å². The van der Waals surface area contributed by atoms with Crippen molar-refractivity contribution in [3.63, 3.8) is 0 Å². The van der Waals surface area contributed by atoms with Crippen LogP contribution in [0, 0.1) is 0 Å². The molecule has 3 rings (SSSR count). The van der Waals surface area contributed by atoms with Crippen molar-refractivity contribution in [3.05, 3.63) is 66.0 Å². The van der Waals surface area contributed by atoms with Gasteiger partial charge in [0.2, 0.25) is 5.91 Å². The molecule has 0 radical (unpaired) electrons. The van der Waals surface area contributed by atoms with Crippen molar-refractivity contribution in [3.8, 4) is 11.5 Å². The average Bonchev–Trinajstić information content (AvgIpc) is 3.23. The molecule has 9 heteroatoms. The number of methoxy groups -OCH3 is 2. The molecule has 30 heavy (non-hydrogen) atoms. The zero-order valence-corrected chi connectivity index (χ0v) is 16.8. The van der Waals surface area contributed by atoms with Crippen LogP contribution >= 0.6 is 0 Å². The average molecular weight is 409 g/mol. The van der Waals surface area contributed by atoms with Crippen molar-refractivity contribution < 1.29 is 19.1 Å². The molecule has 0 fully saturated rings. The molecular formula is C21H23N5O4. The Morgan fingerprint density at radius 2 is 1.80 bits per heavy atom. The first-order valence-corrected chi connectivity index (χ1v) is 9.33. The largest absolute Gasteiger partial charge is 0.493 e. The number of nitrogens with one attached hydrogen (secondary N) is 2. The number of hydrogen-bond acceptors (Lipinski definition) is 6. The smallest absolute Gasteiger partial charge is 0.277 e. The van der Waals surface area contributed by atoms with Gasteiger partial charge in [0.25, 0.3) is 5.91 Å². The van der Waals surface area contributed by atoms with Crippen LogP contribution in [-0.2, 0) is 17.8 Å². The predicted molar refractivity (Wildman–Crippen MR) is 111 cm³/mol. The molecule has 9 nitrogen and oxygen atoms in total. The van der Waals surface area contributed by atoms with E-state index >= 15 is 0 Å². The van der Waals surface area contributed by atoms with Gasteiger partial charge in [0.15, 0.2) is 17.2 Å². The molecule has 156 valence electrons.